The molecule has 0 unspecified atom stereocenters. The van der Waals surface area contributed by atoms with E-state index in [0.717, 1.165) is 22.7 Å². The Hall–Kier alpha value is -4.40. The van der Waals surface area contributed by atoms with Gasteiger partial charge in [0.2, 0.25) is 5.82 Å². The number of hydrogen-bond donors (Lipinski definition) is 1. The van der Waals surface area contributed by atoms with Crippen molar-refractivity contribution in [2.75, 3.05) is 7.11 Å². The van der Waals surface area contributed by atoms with Gasteiger partial charge in [0.25, 0.3) is 5.89 Å². The summed E-state index contributed by atoms with van der Waals surface area (Å²) in [6.07, 6.45) is 5.13. The molecule has 154 valence electrons. The Bertz CT molecular complexity index is 1420. The van der Waals surface area contributed by atoms with Crippen molar-refractivity contribution in [3.8, 4) is 40.1 Å². The fourth-order valence-electron chi connectivity index (χ4n) is 3.41. The third kappa shape index (κ3) is 3.31. The molecule has 9 nitrogen and oxygen atoms in total. The molecule has 1 N–H and O–H groups in total. The molecule has 0 saturated heterocycles. The van der Waals surface area contributed by atoms with E-state index in [0.29, 0.717) is 23.1 Å². The molecule has 0 spiro atoms. The number of aromatic amines is 1. The highest BCUT2D eigenvalue weighted by atomic mass is 16.5. The Labute approximate surface area is 176 Å². The Morgan fingerprint density at radius 2 is 2.00 bits per heavy atom. The molecule has 0 atom stereocenters. The highest BCUT2D eigenvalue weighted by molar-refractivity contribution is 5.61. The maximum atomic E-state index is 12.1. The van der Waals surface area contributed by atoms with Gasteiger partial charge in [-0.3, -0.25) is 4.57 Å². The standard InChI is InChI=1S/C22H18N6O3/c1-14-11-23-22(29)28(14)16-7-5-6-15(10-16)20-25-21(31-26-20)17-12-27(13-24-17)18-8-3-4-9-19(18)30-2/h3-13H,1-2H3,(H,23,29). The van der Waals surface area contributed by atoms with Crippen LogP contribution in [0.25, 0.3) is 34.3 Å². The zero-order valence-electron chi connectivity index (χ0n) is 16.8. The summed E-state index contributed by atoms with van der Waals surface area (Å²) in [4.78, 5) is 23.6. The van der Waals surface area contributed by atoms with Crippen molar-refractivity contribution in [3.63, 3.8) is 0 Å². The van der Waals surface area contributed by atoms with Gasteiger partial charge in [0.15, 0.2) is 0 Å². The summed E-state index contributed by atoms with van der Waals surface area (Å²) in [5.74, 6) is 1.43. The van der Waals surface area contributed by atoms with E-state index in [1.807, 2.05) is 60.0 Å². The summed E-state index contributed by atoms with van der Waals surface area (Å²) in [5.41, 5.74) is 3.43. The van der Waals surface area contributed by atoms with E-state index in [1.54, 1.807) is 30.4 Å². The van der Waals surface area contributed by atoms with E-state index in [4.69, 9.17) is 9.26 Å². The molecule has 0 amide bonds. The normalized spacial score (nSPS) is 11.0. The van der Waals surface area contributed by atoms with Crippen LogP contribution in [0.15, 0.2) is 76.6 Å². The van der Waals surface area contributed by atoms with Crippen LogP contribution >= 0.6 is 0 Å². The monoisotopic (exact) mass is 414 g/mol. The number of aryl methyl sites for hydroxylation is 1. The molecule has 9 heteroatoms. The molecule has 0 aliphatic carbocycles. The average molecular weight is 414 g/mol. The number of benzene rings is 2. The lowest BCUT2D eigenvalue weighted by Gasteiger charge is -2.07. The summed E-state index contributed by atoms with van der Waals surface area (Å²) in [7, 11) is 1.62. The molecular formula is C22H18N6O3. The zero-order chi connectivity index (χ0) is 21.4. The minimum absolute atomic E-state index is 0.203. The molecule has 0 saturated carbocycles. The number of ether oxygens (including phenoxy) is 1. The summed E-state index contributed by atoms with van der Waals surface area (Å²) < 4.78 is 14.3. The van der Waals surface area contributed by atoms with Gasteiger partial charge in [-0.15, -0.1) is 0 Å². The van der Waals surface area contributed by atoms with E-state index in [2.05, 4.69) is 20.1 Å². The molecule has 3 heterocycles. The summed E-state index contributed by atoms with van der Waals surface area (Å²) in [6, 6.07) is 15.0. The summed E-state index contributed by atoms with van der Waals surface area (Å²) in [6.45, 7) is 1.86. The van der Waals surface area contributed by atoms with Crippen molar-refractivity contribution < 1.29 is 9.26 Å². The van der Waals surface area contributed by atoms with Crippen LogP contribution in [0.5, 0.6) is 5.75 Å². The Morgan fingerprint density at radius 3 is 2.81 bits per heavy atom. The summed E-state index contributed by atoms with van der Waals surface area (Å²) in [5, 5.41) is 4.09. The van der Waals surface area contributed by atoms with Gasteiger partial charge in [0.1, 0.15) is 17.8 Å². The molecule has 0 fully saturated rings. The minimum atomic E-state index is -0.203. The molecule has 5 rings (SSSR count). The lowest BCUT2D eigenvalue weighted by Crippen LogP contribution is -2.15. The number of aromatic nitrogens is 6. The molecule has 0 bridgehead atoms. The maximum absolute atomic E-state index is 12.1. The lowest BCUT2D eigenvalue weighted by atomic mass is 10.2. The third-order valence-electron chi connectivity index (χ3n) is 4.91. The van der Waals surface area contributed by atoms with Gasteiger partial charge in [0.05, 0.1) is 18.5 Å². The van der Waals surface area contributed by atoms with Crippen LogP contribution in [0.1, 0.15) is 5.69 Å². The highest BCUT2D eigenvalue weighted by Gasteiger charge is 2.15. The number of methoxy groups -OCH3 is 1. The van der Waals surface area contributed by atoms with E-state index in [9.17, 15) is 4.79 Å². The largest absolute Gasteiger partial charge is 0.495 e. The predicted molar refractivity (Wildman–Crippen MR) is 114 cm³/mol. The van der Waals surface area contributed by atoms with E-state index >= 15 is 0 Å². The first kappa shape index (κ1) is 18.6. The molecule has 3 aromatic heterocycles. The number of H-pyrrole nitrogens is 1. The first-order valence-electron chi connectivity index (χ1n) is 9.53. The van der Waals surface area contributed by atoms with Crippen molar-refractivity contribution in [2.45, 2.75) is 6.92 Å². The second-order valence-corrected chi connectivity index (χ2v) is 6.88. The quantitative estimate of drug-likeness (QED) is 0.473. The van der Waals surface area contributed by atoms with Crippen LogP contribution in [0.2, 0.25) is 0 Å². The Kier molecular flexibility index (Phi) is 4.47. The lowest BCUT2D eigenvalue weighted by molar-refractivity contribution is 0.413. The second kappa shape index (κ2) is 7.45. The molecular weight excluding hydrogens is 396 g/mol. The van der Waals surface area contributed by atoms with Crippen LogP contribution in [0.4, 0.5) is 0 Å². The van der Waals surface area contributed by atoms with Crippen LogP contribution in [0, 0.1) is 6.92 Å². The number of nitrogens with zero attached hydrogens (tertiary/aromatic N) is 5. The van der Waals surface area contributed by atoms with Crippen LogP contribution < -0.4 is 10.4 Å². The van der Waals surface area contributed by atoms with Gasteiger partial charge in [0, 0.05) is 23.7 Å². The molecule has 5 aromatic rings. The van der Waals surface area contributed by atoms with Gasteiger partial charge < -0.3 is 18.8 Å². The molecule has 31 heavy (non-hydrogen) atoms. The topological polar surface area (TPSA) is 104 Å². The highest BCUT2D eigenvalue weighted by Crippen LogP contribution is 2.26. The van der Waals surface area contributed by atoms with Crippen molar-refractivity contribution in [1.29, 1.82) is 0 Å². The van der Waals surface area contributed by atoms with Gasteiger partial charge in [-0.2, -0.15) is 4.98 Å². The average Bonchev–Trinajstić information content (AvgIpc) is 3.54. The van der Waals surface area contributed by atoms with Crippen LogP contribution in [-0.2, 0) is 0 Å². The van der Waals surface area contributed by atoms with Gasteiger partial charge in [-0.25, -0.2) is 9.78 Å². The Balaban J connectivity index is 1.47. The number of imidazole rings is 2. The molecule has 0 aliphatic rings. The first-order chi connectivity index (χ1) is 15.1. The van der Waals surface area contributed by atoms with Crippen LogP contribution in [-0.4, -0.2) is 36.4 Å². The van der Waals surface area contributed by atoms with Crippen molar-refractivity contribution in [1.82, 2.24) is 29.2 Å². The number of nitrogens with one attached hydrogen (secondary N) is 1. The second-order valence-electron chi connectivity index (χ2n) is 6.88. The molecule has 0 aliphatic heterocycles. The summed E-state index contributed by atoms with van der Waals surface area (Å²) >= 11 is 0. The van der Waals surface area contributed by atoms with Crippen molar-refractivity contribution >= 4 is 0 Å². The fraction of sp³-hybridized carbons (Fsp3) is 0.0909. The Morgan fingerprint density at radius 1 is 1.13 bits per heavy atom. The van der Waals surface area contributed by atoms with Gasteiger partial charge in [-0.1, -0.05) is 29.4 Å². The van der Waals surface area contributed by atoms with Gasteiger partial charge in [-0.05, 0) is 31.2 Å². The number of hydrogen-bond acceptors (Lipinski definition) is 6. The predicted octanol–water partition coefficient (Wildman–Crippen LogP) is 3.39. The van der Waals surface area contributed by atoms with Gasteiger partial charge >= 0.3 is 5.69 Å². The number of para-hydroxylation sites is 2. The molecule has 0 radical (unpaired) electrons. The maximum Gasteiger partial charge on any atom is 0.330 e. The van der Waals surface area contributed by atoms with Crippen molar-refractivity contribution in [2.24, 2.45) is 0 Å². The third-order valence-corrected chi connectivity index (χ3v) is 4.91. The molecule has 2 aromatic carbocycles. The van der Waals surface area contributed by atoms with Crippen molar-refractivity contribution in [3.05, 3.63) is 83.4 Å². The smallest absolute Gasteiger partial charge is 0.330 e. The zero-order valence-corrected chi connectivity index (χ0v) is 16.8. The minimum Gasteiger partial charge on any atom is -0.495 e. The van der Waals surface area contributed by atoms with Crippen LogP contribution in [0.3, 0.4) is 0 Å². The number of rotatable bonds is 5. The SMILES string of the molecule is COc1ccccc1-n1cnc(-c2nc(-c3cccc(-n4c(C)c[nH]c4=O)c3)no2)c1. The van der Waals surface area contributed by atoms with E-state index in [1.165, 1.54) is 0 Å². The van der Waals surface area contributed by atoms with E-state index in [-0.39, 0.29) is 5.69 Å². The van der Waals surface area contributed by atoms with E-state index < -0.39 is 0 Å². The fourth-order valence-corrected chi connectivity index (χ4v) is 3.41. The first-order valence-corrected chi connectivity index (χ1v) is 9.53.